The average Bonchev–Trinajstić information content (AvgIpc) is 2.82. The van der Waals surface area contributed by atoms with Crippen LogP contribution in [-0.4, -0.2) is 10.8 Å². The molecule has 82 valence electrons. The number of benzene rings is 1. The van der Waals surface area contributed by atoms with Crippen LogP contribution in [0.3, 0.4) is 0 Å². The minimum Gasteiger partial charge on any atom is -0.294 e. The standard InChI is InChI=1S/C13H13NOS/c1-10(7-12-8-14-9-16-12)13(15)11-5-3-2-4-6-11/h2-6,8-10H,7H2,1H3. The molecule has 0 N–H and O–H groups in total. The molecule has 1 heterocycles. The molecule has 0 saturated carbocycles. The second kappa shape index (κ2) is 5.03. The van der Waals surface area contributed by atoms with Crippen LogP contribution in [0.15, 0.2) is 42.0 Å². The summed E-state index contributed by atoms with van der Waals surface area (Å²) in [6, 6.07) is 9.45. The van der Waals surface area contributed by atoms with E-state index >= 15 is 0 Å². The lowest BCUT2D eigenvalue weighted by molar-refractivity contribution is 0.0930. The fourth-order valence-corrected chi connectivity index (χ4v) is 2.35. The van der Waals surface area contributed by atoms with E-state index in [1.54, 1.807) is 16.8 Å². The summed E-state index contributed by atoms with van der Waals surface area (Å²) in [6.45, 7) is 1.97. The van der Waals surface area contributed by atoms with Crippen molar-refractivity contribution in [3.8, 4) is 0 Å². The molecule has 1 atom stereocenters. The SMILES string of the molecule is CC(Cc1cncs1)C(=O)c1ccccc1. The zero-order valence-electron chi connectivity index (χ0n) is 9.09. The van der Waals surface area contributed by atoms with Gasteiger partial charge in [-0.3, -0.25) is 9.78 Å². The third kappa shape index (κ3) is 2.55. The Balaban J connectivity index is 2.05. The maximum Gasteiger partial charge on any atom is 0.166 e. The second-order valence-corrected chi connectivity index (χ2v) is 4.77. The van der Waals surface area contributed by atoms with Crippen molar-refractivity contribution >= 4 is 17.1 Å². The molecule has 0 aliphatic heterocycles. The molecule has 0 amide bonds. The molecule has 2 aromatic rings. The van der Waals surface area contributed by atoms with Gasteiger partial charge in [-0.15, -0.1) is 11.3 Å². The Labute approximate surface area is 99.0 Å². The predicted octanol–water partition coefficient (Wildman–Crippen LogP) is 3.20. The van der Waals surface area contributed by atoms with Gasteiger partial charge in [-0.1, -0.05) is 37.3 Å². The number of thiazole rings is 1. The Morgan fingerprint density at radius 1 is 1.38 bits per heavy atom. The van der Waals surface area contributed by atoms with Crippen LogP contribution in [0.5, 0.6) is 0 Å². The summed E-state index contributed by atoms with van der Waals surface area (Å²) in [5.74, 6) is 0.219. The van der Waals surface area contributed by atoms with Crippen molar-refractivity contribution in [1.82, 2.24) is 4.98 Å². The second-order valence-electron chi connectivity index (χ2n) is 3.80. The Bertz CT molecular complexity index is 450. The lowest BCUT2D eigenvalue weighted by Crippen LogP contribution is -2.13. The number of carbonyl (C=O) groups is 1. The number of rotatable bonds is 4. The maximum atomic E-state index is 12.1. The number of carbonyl (C=O) groups excluding carboxylic acids is 1. The van der Waals surface area contributed by atoms with Crippen molar-refractivity contribution in [3.63, 3.8) is 0 Å². The van der Waals surface area contributed by atoms with E-state index in [4.69, 9.17) is 0 Å². The minimum atomic E-state index is 0.0165. The van der Waals surface area contributed by atoms with Gasteiger partial charge in [0.1, 0.15) is 0 Å². The molecule has 0 aliphatic rings. The van der Waals surface area contributed by atoms with E-state index in [-0.39, 0.29) is 11.7 Å². The highest BCUT2D eigenvalue weighted by atomic mass is 32.1. The van der Waals surface area contributed by atoms with Crippen LogP contribution in [0.25, 0.3) is 0 Å². The minimum absolute atomic E-state index is 0.0165. The molecule has 1 aromatic heterocycles. The molecular weight excluding hydrogens is 218 g/mol. The van der Waals surface area contributed by atoms with Gasteiger partial charge < -0.3 is 0 Å². The van der Waals surface area contributed by atoms with Gasteiger partial charge in [0.2, 0.25) is 0 Å². The van der Waals surface area contributed by atoms with Gasteiger partial charge in [-0.2, -0.15) is 0 Å². The highest BCUT2D eigenvalue weighted by molar-refractivity contribution is 7.09. The number of ketones is 1. The molecule has 0 spiro atoms. The first-order valence-electron chi connectivity index (χ1n) is 5.24. The summed E-state index contributed by atoms with van der Waals surface area (Å²) in [6.07, 6.45) is 2.61. The Hall–Kier alpha value is -1.48. The molecular formula is C13H13NOS. The van der Waals surface area contributed by atoms with Gasteiger partial charge >= 0.3 is 0 Å². The number of Topliss-reactive ketones (excluding diaryl/α,β-unsaturated/α-hetero) is 1. The number of nitrogens with zero attached hydrogens (tertiary/aromatic N) is 1. The van der Waals surface area contributed by atoms with Crippen LogP contribution in [0, 0.1) is 5.92 Å². The lowest BCUT2D eigenvalue weighted by atomic mass is 9.96. The van der Waals surface area contributed by atoms with Crippen LogP contribution in [0.1, 0.15) is 22.2 Å². The zero-order chi connectivity index (χ0) is 11.4. The van der Waals surface area contributed by atoms with Crippen molar-refractivity contribution in [2.75, 3.05) is 0 Å². The van der Waals surface area contributed by atoms with Crippen molar-refractivity contribution < 1.29 is 4.79 Å². The van der Waals surface area contributed by atoms with Crippen LogP contribution >= 0.6 is 11.3 Å². The highest BCUT2D eigenvalue weighted by Crippen LogP contribution is 2.16. The molecule has 2 nitrogen and oxygen atoms in total. The molecule has 1 unspecified atom stereocenters. The fourth-order valence-electron chi connectivity index (χ4n) is 1.62. The smallest absolute Gasteiger partial charge is 0.166 e. The Morgan fingerprint density at radius 2 is 2.12 bits per heavy atom. The average molecular weight is 231 g/mol. The molecule has 3 heteroatoms. The van der Waals surface area contributed by atoms with Crippen molar-refractivity contribution in [2.45, 2.75) is 13.3 Å². The summed E-state index contributed by atoms with van der Waals surface area (Å²) in [5, 5.41) is 0. The van der Waals surface area contributed by atoms with E-state index in [1.165, 1.54) is 0 Å². The van der Waals surface area contributed by atoms with Gasteiger partial charge in [-0.05, 0) is 6.42 Å². The summed E-state index contributed by atoms with van der Waals surface area (Å²) in [7, 11) is 0. The van der Waals surface area contributed by atoms with Crippen LogP contribution in [0.2, 0.25) is 0 Å². The number of hydrogen-bond acceptors (Lipinski definition) is 3. The first-order valence-corrected chi connectivity index (χ1v) is 6.12. The first-order chi connectivity index (χ1) is 7.77. The Morgan fingerprint density at radius 3 is 2.75 bits per heavy atom. The van der Waals surface area contributed by atoms with Gasteiger partial charge in [-0.25, -0.2) is 0 Å². The van der Waals surface area contributed by atoms with Crippen LogP contribution in [0.4, 0.5) is 0 Å². The fraction of sp³-hybridized carbons (Fsp3) is 0.231. The van der Waals surface area contributed by atoms with Crippen LogP contribution < -0.4 is 0 Å². The van der Waals surface area contributed by atoms with Crippen molar-refractivity contribution in [1.29, 1.82) is 0 Å². The Kier molecular flexibility index (Phi) is 3.47. The summed E-state index contributed by atoms with van der Waals surface area (Å²) >= 11 is 1.60. The van der Waals surface area contributed by atoms with Gasteiger partial charge in [0.05, 0.1) is 5.51 Å². The van der Waals surface area contributed by atoms with Gasteiger partial charge in [0, 0.05) is 22.6 Å². The summed E-state index contributed by atoms with van der Waals surface area (Å²) in [4.78, 5) is 17.2. The topological polar surface area (TPSA) is 30.0 Å². The molecule has 0 fully saturated rings. The molecule has 1 aromatic carbocycles. The summed E-state index contributed by atoms with van der Waals surface area (Å²) < 4.78 is 0. The number of aromatic nitrogens is 1. The third-order valence-electron chi connectivity index (χ3n) is 2.50. The number of hydrogen-bond donors (Lipinski definition) is 0. The quantitative estimate of drug-likeness (QED) is 0.756. The maximum absolute atomic E-state index is 12.1. The zero-order valence-corrected chi connectivity index (χ0v) is 9.91. The van der Waals surface area contributed by atoms with E-state index in [0.717, 1.165) is 16.9 Å². The molecule has 16 heavy (non-hydrogen) atoms. The van der Waals surface area contributed by atoms with E-state index < -0.39 is 0 Å². The normalized spacial score (nSPS) is 12.3. The molecule has 0 bridgehead atoms. The monoisotopic (exact) mass is 231 g/mol. The third-order valence-corrected chi connectivity index (χ3v) is 3.30. The molecule has 0 aliphatic carbocycles. The molecule has 2 rings (SSSR count). The van der Waals surface area contributed by atoms with Crippen molar-refractivity contribution in [2.24, 2.45) is 5.92 Å². The predicted molar refractivity (Wildman–Crippen MR) is 65.8 cm³/mol. The molecule has 0 radical (unpaired) electrons. The van der Waals surface area contributed by atoms with E-state index in [9.17, 15) is 4.79 Å². The molecule has 0 saturated heterocycles. The van der Waals surface area contributed by atoms with Crippen molar-refractivity contribution in [3.05, 3.63) is 52.5 Å². The van der Waals surface area contributed by atoms with E-state index in [1.807, 2.05) is 43.5 Å². The lowest BCUT2D eigenvalue weighted by Gasteiger charge is -2.08. The highest BCUT2D eigenvalue weighted by Gasteiger charge is 2.15. The van der Waals surface area contributed by atoms with Crippen LogP contribution in [-0.2, 0) is 6.42 Å². The first kappa shape index (κ1) is 11.0. The van der Waals surface area contributed by atoms with E-state index in [0.29, 0.717) is 0 Å². The van der Waals surface area contributed by atoms with Gasteiger partial charge in [0.15, 0.2) is 5.78 Å². The van der Waals surface area contributed by atoms with E-state index in [2.05, 4.69) is 4.98 Å². The van der Waals surface area contributed by atoms with Gasteiger partial charge in [0.25, 0.3) is 0 Å². The largest absolute Gasteiger partial charge is 0.294 e. The summed E-state index contributed by atoms with van der Waals surface area (Å²) in [5.41, 5.74) is 2.59.